The smallest absolute Gasteiger partial charge is 0.234 e. The zero-order valence-electron chi connectivity index (χ0n) is 8.77. The van der Waals surface area contributed by atoms with Crippen LogP contribution in [0.2, 0.25) is 0 Å². The van der Waals surface area contributed by atoms with E-state index in [-0.39, 0.29) is 0 Å². The van der Waals surface area contributed by atoms with Crippen molar-refractivity contribution in [2.75, 3.05) is 13.1 Å². The minimum Gasteiger partial charge on any atom is -0.316 e. The fourth-order valence-electron chi connectivity index (χ4n) is 2.02. The van der Waals surface area contributed by atoms with Crippen molar-refractivity contribution in [2.45, 2.75) is 19.8 Å². The summed E-state index contributed by atoms with van der Waals surface area (Å²) in [7, 11) is 0. The van der Waals surface area contributed by atoms with Crippen molar-refractivity contribution >= 4 is 16.3 Å². The Hall–Kier alpha value is -1.01. The molecule has 80 valence electrons. The summed E-state index contributed by atoms with van der Waals surface area (Å²) in [6.07, 6.45) is 0. The van der Waals surface area contributed by atoms with E-state index in [1.54, 1.807) is 11.3 Å². The molecule has 2 aromatic heterocycles. The topological polar surface area (TPSA) is 55.1 Å². The van der Waals surface area contributed by atoms with Gasteiger partial charge in [0.15, 0.2) is 5.82 Å². The highest BCUT2D eigenvalue weighted by molar-refractivity contribution is 7.16. The molecule has 1 aliphatic rings. The van der Waals surface area contributed by atoms with Gasteiger partial charge in [-0.3, -0.25) is 0 Å². The van der Waals surface area contributed by atoms with Crippen LogP contribution in [-0.2, 0) is 0 Å². The van der Waals surface area contributed by atoms with E-state index in [2.05, 4.69) is 27.5 Å². The Morgan fingerprint density at radius 1 is 1.40 bits per heavy atom. The van der Waals surface area contributed by atoms with E-state index in [9.17, 15) is 0 Å². The van der Waals surface area contributed by atoms with Crippen molar-refractivity contribution < 1.29 is 0 Å². The maximum atomic E-state index is 4.57. The molecule has 0 spiro atoms. The van der Waals surface area contributed by atoms with Crippen LogP contribution in [0.15, 0.2) is 0 Å². The van der Waals surface area contributed by atoms with Gasteiger partial charge in [0.25, 0.3) is 0 Å². The first kappa shape index (κ1) is 9.23. The molecule has 5 nitrogen and oxygen atoms in total. The molecule has 0 bridgehead atoms. The van der Waals surface area contributed by atoms with E-state index in [0.717, 1.165) is 23.9 Å². The summed E-state index contributed by atoms with van der Waals surface area (Å²) in [4.78, 5) is 0.904. The fourth-order valence-corrected chi connectivity index (χ4v) is 3.14. The summed E-state index contributed by atoms with van der Waals surface area (Å²) < 4.78 is 1.84. The monoisotopic (exact) mass is 223 g/mol. The lowest BCUT2D eigenvalue weighted by molar-refractivity contribution is 0.562. The average molecular weight is 223 g/mol. The van der Waals surface area contributed by atoms with Crippen LogP contribution in [0, 0.1) is 12.8 Å². The largest absolute Gasteiger partial charge is 0.316 e. The van der Waals surface area contributed by atoms with Crippen molar-refractivity contribution in [3.63, 3.8) is 0 Å². The molecular formula is C9H13N5S. The normalized spacial score (nSPS) is 26.5. The van der Waals surface area contributed by atoms with Gasteiger partial charge in [-0.25, -0.2) is 0 Å². The van der Waals surface area contributed by atoms with E-state index >= 15 is 0 Å². The zero-order chi connectivity index (χ0) is 10.4. The molecule has 1 aliphatic heterocycles. The van der Waals surface area contributed by atoms with Gasteiger partial charge in [0.2, 0.25) is 4.96 Å². The summed E-state index contributed by atoms with van der Waals surface area (Å²) in [6.45, 7) is 6.31. The SMILES string of the molecule is Cc1nnc2sc([C@@H]3CNC[C@H]3C)nn12. The lowest BCUT2D eigenvalue weighted by atomic mass is 9.99. The highest BCUT2D eigenvalue weighted by Crippen LogP contribution is 2.30. The Morgan fingerprint density at radius 3 is 2.93 bits per heavy atom. The molecule has 0 aromatic carbocycles. The highest BCUT2D eigenvalue weighted by Gasteiger charge is 2.28. The van der Waals surface area contributed by atoms with Crippen molar-refractivity contribution in [1.29, 1.82) is 0 Å². The summed E-state index contributed by atoms with van der Waals surface area (Å²) in [5.41, 5.74) is 0. The Morgan fingerprint density at radius 2 is 2.27 bits per heavy atom. The van der Waals surface area contributed by atoms with Gasteiger partial charge in [-0.1, -0.05) is 18.3 Å². The van der Waals surface area contributed by atoms with Gasteiger partial charge in [0.1, 0.15) is 5.01 Å². The standard InChI is InChI=1S/C9H13N5S/c1-5-3-10-4-7(5)8-13-14-6(2)11-12-9(14)15-8/h5,7,10H,3-4H2,1-2H3/t5-,7-/m1/s1. The van der Waals surface area contributed by atoms with E-state index in [4.69, 9.17) is 0 Å². The van der Waals surface area contributed by atoms with E-state index < -0.39 is 0 Å². The van der Waals surface area contributed by atoms with Gasteiger partial charge in [-0.15, -0.1) is 10.2 Å². The first-order chi connectivity index (χ1) is 7.25. The molecule has 6 heteroatoms. The highest BCUT2D eigenvalue weighted by atomic mass is 32.1. The minimum atomic E-state index is 0.538. The van der Waals surface area contributed by atoms with Crippen LogP contribution in [0.4, 0.5) is 0 Å². The van der Waals surface area contributed by atoms with Crippen LogP contribution in [0.25, 0.3) is 4.96 Å². The average Bonchev–Trinajstić information content (AvgIpc) is 2.84. The molecule has 3 heterocycles. The second-order valence-electron chi connectivity index (χ2n) is 4.12. The number of nitrogens with zero attached hydrogens (tertiary/aromatic N) is 4. The number of aromatic nitrogens is 4. The van der Waals surface area contributed by atoms with Crippen molar-refractivity contribution in [2.24, 2.45) is 5.92 Å². The van der Waals surface area contributed by atoms with Gasteiger partial charge in [-0.2, -0.15) is 9.61 Å². The molecule has 0 aliphatic carbocycles. The number of fused-ring (bicyclic) bond motifs is 1. The molecular weight excluding hydrogens is 210 g/mol. The van der Waals surface area contributed by atoms with Crippen LogP contribution in [0.5, 0.6) is 0 Å². The van der Waals surface area contributed by atoms with Crippen molar-refractivity contribution in [3.8, 4) is 0 Å². The molecule has 0 radical (unpaired) electrons. The van der Waals surface area contributed by atoms with Crippen LogP contribution in [0.3, 0.4) is 0 Å². The Labute approximate surface area is 91.5 Å². The lowest BCUT2D eigenvalue weighted by Gasteiger charge is -2.08. The molecule has 0 amide bonds. The van der Waals surface area contributed by atoms with Crippen molar-refractivity contribution in [1.82, 2.24) is 25.1 Å². The molecule has 2 aromatic rings. The number of rotatable bonds is 1. The van der Waals surface area contributed by atoms with Gasteiger partial charge >= 0.3 is 0 Å². The van der Waals surface area contributed by atoms with E-state index in [1.165, 1.54) is 5.01 Å². The summed E-state index contributed by atoms with van der Waals surface area (Å²) in [5, 5.41) is 17.2. The van der Waals surface area contributed by atoms with E-state index in [1.807, 2.05) is 11.4 Å². The molecule has 0 saturated carbocycles. The third-order valence-corrected chi connectivity index (χ3v) is 4.03. The quantitative estimate of drug-likeness (QED) is 0.777. The third-order valence-electron chi connectivity index (χ3n) is 3.00. The summed E-state index contributed by atoms with van der Waals surface area (Å²) in [5.74, 6) is 2.07. The molecule has 1 saturated heterocycles. The van der Waals surface area contributed by atoms with Gasteiger partial charge in [-0.05, 0) is 19.4 Å². The first-order valence-corrected chi connectivity index (χ1v) is 5.97. The second-order valence-corrected chi connectivity index (χ2v) is 5.11. The number of nitrogens with one attached hydrogen (secondary N) is 1. The Bertz CT molecular complexity index is 488. The summed E-state index contributed by atoms with van der Waals surface area (Å²) in [6, 6.07) is 0. The van der Waals surface area contributed by atoms with Crippen LogP contribution < -0.4 is 5.32 Å². The van der Waals surface area contributed by atoms with Crippen LogP contribution >= 0.6 is 11.3 Å². The fraction of sp³-hybridized carbons (Fsp3) is 0.667. The molecule has 0 unspecified atom stereocenters. The van der Waals surface area contributed by atoms with Gasteiger partial charge < -0.3 is 5.32 Å². The number of hydrogen-bond donors (Lipinski definition) is 1. The predicted molar refractivity (Wildman–Crippen MR) is 58.2 cm³/mol. The maximum Gasteiger partial charge on any atom is 0.234 e. The molecule has 1 N–H and O–H groups in total. The zero-order valence-corrected chi connectivity index (χ0v) is 9.58. The maximum absolute atomic E-state index is 4.57. The minimum absolute atomic E-state index is 0.538. The first-order valence-electron chi connectivity index (χ1n) is 5.15. The number of hydrogen-bond acceptors (Lipinski definition) is 5. The predicted octanol–water partition coefficient (Wildman–Crippen LogP) is 0.817. The third kappa shape index (κ3) is 1.36. The lowest BCUT2D eigenvalue weighted by Crippen LogP contribution is -2.08. The molecule has 1 fully saturated rings. The number of aryl methyl sites for hydroxylation is 1. The second kappa shape index (κ2) is 3.24. The molecule has 3 rings (SSSR count). The van der Waals surface area contributed by atoms with Crippen LogP contribution in [0.1, 0.15) is 23.7 Å². The van der Waals surface area contributed by atoms with Gasteiger partial charge in [0, 0.05) is 12.5 Å². The van der Waals surface area contributed by atoms with E-state index in [0.29, 0.717) is 11.8 Å². The Balaban J connectivity index is 2.04. The molecule has 2 atom stereocenters. The Kier molecular flexibility index (Phi) is 2.00. The molecule has 15 heavy (non-hydrogen) atoms. The summed E-state index contributed by atoms with van der Waals surface area (Å²) >= 11 is 1.66. The van der Waals surface area contributed by atoms with Crippen molar-refractivity contribution in [3.05, 3.63) is 10.8 Å². The van der Waals surface area contributed by atoms with Crippen LogP contribution in [-0.4, -0.2) is 32.9 Å². The van der Waals surface area contributed by atoms with Gasteiger partial charge in [0.05, 0.1) is 0 Å².